The molecule has 1 heterocycles. The highest BCUT2D eigenvalue weighted by Crippen LogP contribution is 2.17. The number of para-hydroxylation sites is 1. The summed E-state index contributed by atoms with van der Waals surface area (Å²) in [7, 11) is 0. The Balaban J connectivity index is 2.07. The fraction of sp³-hybridized carbons (Fsp3) is 0.231. The summed E-state index contributed by atoms with van der Waals surface area (Å²) in [5.74, 6) is -2.63. The Morgan fingerprint density at radius 3 is 2.83 bits per heavy atom. The van der Waals surface area contributed by atoms with Gasteiger partial charge in [-0.25, -0.2) is 0 Å². The summed E-state index contributed by atoms with van der Waals surface area (Å²) < 4.78 is 0. The number of hydrogen-bond acceptors (Lipinski definition) is 2. The van der Waals surface area contributed by atoms with Crippen LogP contribution in [0, 0.1) is 5.92 Å². The number of fused-ring (bicyclic) bond motifs is 1. The van der Waals surface area contributed by atoms with E-state index in [2.05, 4.69) is 10.3 Å². The average Bonchev–Trinajstić information content (AvgIpc) is 2.78. The maximum Gasteiger partial charge on any atom is 0.315 e. The lowest BCUT2D eigenvalue weighted by Gasteiger charge is -2.07. The molecule has 0 aliphatic carbocycles. The molecule has 0 saturated heterocycles. The van der Waals surface area contributed by atoms with Gasteiger partial charge in [0.25, 0.3) is 0 Å². The number of aliphatic carboxylic acids is 1. The SMILES string of the molecule is CC(C(=O)O)C(=O)NCc1c[nH]c2ccccc12. The number of H-pyrrole nitrogens is 1. The second-order valence-corrected chi connectivity index (χ2v) is 4.14. The number of carbonyl (C=O) groups excluding carboxylic acids is 1. The predicted molar refractivity (Wildman–Crippen MR) is 66.9 cm³/mol. The number of rotatable bonds is 4. The first-order valence-electron chi connectivity index (χ1n) is 5.65. The van der Waals surface area contributed by atoms with Gasteiger partial charge in [0.2, 0.25) is 5.91 Å². The first-order valence-corrected chi connectivity index (χ1v) is 5.65. The third-order valence-corrected chi connectivity index (χ3v) is 2.89. The van der Waals surface area contributed by atoms with Gasteiger partial charge in [0.15, 0.2) is 0 Å². The smallest absolute Gasteiger partial charge is 0.315 e. The standard InChI is InChI=1S/C13H14N2O3/c1-8(13(17)18)12(16)15-7-9-6-14-11-5-3-2-4-10(9)11/h2-6,8,14H,7H2,1H3,(H,15,16)(H,17,18). The van der Waals surface area contributed by atoms with E-state index in [1.807, 2.05) is 30.5 Å². The van der Waals surface area contributed by atoms with Crippen molar-refractivity contribution in [3.8, 4) is 0 Å². The number of carboxylic acid groups (broad SMARTS) is 1. The largest absolute Gasteiger partial charge is 0.481 e. The highest BCUT2D eigenvalue weighted by atomic mass is 16.4. The molecule has 2 aromatic rings. The Morgan fingerprint density at radius 1 is 1.39 bits per heavy atom. The minimum absolute atomic E-state index is 0.320. The fourth-order valence-electron chi connectivity index (χ4n) is 1.73. The van der Waals surface area contributed by atoms with E-state index in [1.165, 1.54) is 6.92 Å². The molecule has 18 heavy (non-hydrogen) atoms. The topological polar surface area (TPSA) is 82.2 Å². The van der Waals surface area contributed by atoms with E-state index in [4.69, 9.17) is 5.11 Å². The van der Waals surface area contributed by atoms with Crippen LogP contribution in [0.25, 0.3) is 10.9 Å². The van der Waals surface area contributed by atoms with E-state index in [0.29, 0.717) is 6.54 Å². The fourth-order valence-corrected chi connectivity index (χ4v) is 1.73. The lowest BCUT2D eigenvalue weighted by molar-refractivity contribution is -0.146. The van der Waals surface area contributed by atoms with Crippen molar-refractivity contribution in [2.45, 2.75) is 13.5 Å². The Labute approximate surface area is 104 Å². The molecule has 0 bridgehead atoms. The van der Waals surface area contributed by atoms with Gasteiger partial charge >= 0.3 is 5.97 Å². The Hall–Kier alpha value is -2.30. The molecule has 1 aromatic heterocycles. The number of amides is 1. The summed E-state index contributed by atoms with van der Waals surface area (Å²) in [6.45, 7) is 1.69. The van der Waals surface area contributed by atoms with Gasteiger partial charge in [0, 0.05) is 23.6 Å². The van der Waals surface area contributed by atoms with Crippen LogP contribution in [0.1, 0.15) is 12.5 Å². The number of nitrogens with one attached hydrogen (secondary N) is 2. The number of benzene rings is 1. The molecule has 1 aromatic carbocycles. The molecular weight excluding hydrogens is 232 g/mol. The third-order valence-electron chi connectivity index (χ3n) is 2.89. The van der Waals surface area contributed by atoms with E-state index in [-0.39, 0.29) is 0 Å². The Bertz CT molecular complexity index is 589. The average molecular weight is 246 g/mol. The molecule has 1 atom stereocenters. The van der Waals surface area contributed by atoms with Gasteiger partial charge in [-0.3, -0.25) is 9.59 Å². The summed E-state index contributed by atoms with van der Waals surface area (Å²) in [4.78, 5) is 25.3. The van der Waals surface area contributed by atoms with Crippen LogP contribution in [0.4, 0.5) is 0 Å². The highest BCUT2D eigenvalue weighted by molar-refractivity contribution is 5.96. The van der Waals surface area contributed by atoms with Gasteiger partial charge < -0.3 is 15.4 Å². The molecule has 3 N–H and O–H groups in total. The van der Waals surface area contributed by atoms with Crippen molar-refractivity contribution in [1.82, 2.24) is 10.3 Å². The lowest BCUT2D eigenvalue weighted by Crippen LogP contribution is -2.33. The van der Waals surface area contributed by atoms with Crippen molar-refractivity contribution >= 4 is 22.8 Å². The minimum Gasteiger partial charge on any atom is -0.481 e. The first kappa shape index (κ1) is 12.2. The van der Waals surface area contributed by atoms with E-state index in [0.717, 1.165) is 16.5 Å². The maximum absolute atomic E-state index is 11.5. The molecule has 1 unspecified atom stereocenters. The molecule has 94 valence electrons. The molecule has 1 amide bonds. The Morgan fingerprint density at radius 2 is 2.11 bits per heavy atom. The summed E-state index contributed by atoms with van der Waals surface area (Å²) in [6, 6.07) is 7.74. The number of carbonyl (C=O) groups is 2. The molecule has 0 saturated carbocycles. The van der Waals surface area contributed by atoms with Crippen LogP contribution in [0.5, 0.6) is 0 Å². The van der Waals surface area contributed by atoms with Gasteiger partial charge in [-0.05, 0) is 18.6 Å². The second-order valence-electron chi connectivity index (χ2n) is 4.14. The van der Waals surface area contributed by atoms with Crippen molar-refractivity contribution < 1.29 is 14.7 Å². The van der Waals surface area contributed by atoms with Gasteiger partial charge in [-0.1, -0.05) is 18.2 Å². The number of hydrogen-bond donors (Lipinski definition) is 3. The summed E-state index contributed by atoms with van der Waals surface area (Å²) in [5.41, 5.74) is 1.93. The van der Waals surface area contributed by atoms with Crippen molar-refractivity contribution in [2.75, 3.05) is 0 Å². The Kier molecular flexibility index (Phi) is 3.32. The molecule has 0 radical (unpaired) electrons. The predicted octanol–water partition coefficient (Wildman–Crippen LogP) is 1.50. The van der Waals surface area contributed by atoms with Crippen LogP contribution >= 0.6 is 0 Å². The van der Waals surface area contributed by atoms with E-state index < -0.39 is 17.8 Å². The van der Waals surface area contributed by atoms with Crippen LogP contribution in [-0.2, 0) is 16.1 Å². The normalized spacial score (nSPS) is 12.3. The maximum atomic E-state index is 11.5. The minimum atomic E-state index is -1.12. The zero-order chi connectivity index (χ0) is 13.1. The summed E-state index contributed by atoms with van der Waals surface area (Å²) >= 11 is 0. The van der Waals surface area contributed by atoms with Crippen molar-refractivity contribution in [3.63, 3.8) is 0 Å². The van der Waals surface area contributed by atoms with Gasteiger partial charge in [0.05, 0.1) is 0 Å². The molecule has 0 spiro atoms. The first-order chi connectivity index (χ1) is 8.59. The molecule has 0 aliphatic rings. The molecule has 5 heteroatoms. The van der Waals surface area contributed by atoms with Crippen LogP contribution in [0.3, 0.4) is 0 Å². The summed E-state index contributed by atoms with van der Waals surface area (Å²) in [6.07, 6.45) is 1.82. The summed E-state index contributed by atoms with van der Waals surface area (Å²) in [5, 5.41) is 12.4. The molecule has 0 fully saturated rings. The zero-order valence-electron chi connectivity index (χ0n) is 9.93. The zero-order valence-corrected chi connectivity index (χ0v) is 9.93. The molecule has 0 aliphatic heterocycles. The van der Waals surface area contributed by atoms with E-state index in [1.54, 1.807) is 0 Å². The molecular formula is C13H14N2O3. The number of carboxylic acids is 1. The highest BCUT2D eigenvalue weighted by Gasteiger charge is 2.20. The van der Waals surface area contributed by atoms with Crippen LogP contribution in [0.15, 0.2) is 30.5 Å². The van der Waals surface area contributed by atoms with Crippen molar-refractivity contribution in [1.29, 1.82) is 0 Å². The van der Waals surface area contributed by atoms with E-state index in [9.17, 15) is 9.59 Å². The van der Waals surface area contributed by atoms with Gasteiger partial charge in [-0.15, -0.1) is 0 Å². The van der Waals surface area contributed by atoms with Gasteiger partial charge in [0.1, 0.15) is 5.92 Å². The van der Waals surface area contributed by atoms with Crippen LogP contribution in [0.2, 0.25) is 0 Å². The van der Waals surface area contributed by atoms with Gasteiger partial charge in [-0.2, -0.15) is 0 Å². The van der Waals surface area contributed by atoms with Crippen molar-refractivity contribution in [3.05, 3.63) is 36.0 Å². The monoisotopic (exact) mass is 246 g/mol. The number of aromatic amines is 1. The second kappa shape index (κ2) is 4.91. The third kappa shape index (κ3) is 2.34. The number of aromatic nitrogens is 1. The van der Waals surface area contributed by atoms with Crippen LogP contribution in [-0.4, -0.2) is 22.0 Å². The van der Waals surface area contributed by atoms with E-state index >= 15 is 0 Å². The molecule has 5 nitrogen and oxygen atoms in total. The van der Waals surface area contributed by atoms with Crippen LogP contribution < -0.4 is 5.32 Å². The van der Waals surface area contributed by atoms with Crippen molar-refractivity contribution in [2.24, 2.45) is 5.92 Å². The molecule has 2 rings (SSSR count). The quantitative estimate of drug-likeness (QED) is 0.715. The lowest BCUT2D eigenvalue weighted by atomic mass is 10.1.